The molecule has 0 aromatic carbocycles. The molecular weight excluding hydrogens is 268 g/mol. The van der Waals surface area contributed by atoms with Gasteiger partial charge in [-0.3, -0.25) is 9.48 Å². The first-order chi connectivity index (χ1) is 10.2. The van der Waals surface area contributed by atoms with Crippen molar-refractivity contribution in [1.82, 2.24) is 19.8 Å². The Morgan fingerprint density at radius 2 is 2.24 bits per heavy atom. The van der Waals surface area contributed by atoms with Crippen LogP contribution in [0.5, 0.6) is 0 Å². The lowest BCUT2D eigenvalue weighted by molar-refractivity contribution is 0.0776. The fourth-order valence-electron chi connectivity index (χ4n) is 2.89. The highest BCUT2D eigenvalue weighted by Gasteiger charge is 2.32. The van der Waals surface area contributed by atoms with E-state index in [1.807, 2.05) is 35.0 Å². The summed E-state index contributed by atoms with van der Waals surface area (Å²) in [4.78, 5) is 14.3. The number of hydrogen-bond acceptors (Lipinski definition) is 4. The summed E-state index contributed by atoms with van der Waals surface area (Å²) in [5.74, 6) is 1.31. The lowest BCUT2D eigenvalue weighted by Crippen LogP contribution is -2.29. The number of rotatable bonds is 3. The van der Waals surface area contributed by atoms with Crippen molar-refractivity contribution in [3.8, 4) is 0 Å². The molecule has 1 unspecified atom stereocenters. The molecule has 1 aliphatic heterocycles. The van der Waals surface area contributed by atoms with Crippen LogP contribution in [-0.2, 0) is 0 Å². The summed E-state index contributed by atoms with van der Waals surface area (Å²) in [6, 6.07) is 2.07. The van der Waals surface area contributed by atoms with Gasteiger partial charge in [-0.15, -0.1) is 0 Å². The summed E-state index contributed by atoms with van der Waals surface area (Å²) < 4.78 is 7.23. The minimum atomic E-state index is -0.0305. The number of hydrogen-bond donors (Lipinski definition) is 0. The van der Waals surface area contributed by atoms with E-state index in [9.17, 15) is 4.79 Å². The first-order valence-corrected chi connectivity index (χ1v) is 7.47. The Bertz CT molecular complexity index is 671. The van der Waals surface area contributed by atoms with Gasteiger partial charge in [0.2, 0.25) is 0 Å². The Labute approximate surface area is 122 Å². The van der Waals surface area contributed by atoms with Crippen LogP contribution in [0.4, 0.5) is 0 Å². The minimum Gasteiger partial charge on any atom is -0.360 e. The van der Waals surface area contributed by atoms with Gasteiger partial charge in [0.1, 0.15) is 5.76 Å². The molecule has 21 heavy (non-hydrogen) atoms. The highest BCUT2D eigenvalue weighted by atomic mass is 16.5. The van der Waals surface area contributed by atoms with Gasteiger partial charge in [0.05, 0.1) is 12.2 Å². The summed E-state index contributed by atoms with van der Waals surface area (Å²) in [5, 5.41) is 8.28. The number of nitrogens with zero attached hydrogens (tertiary/aromatic N) is 4. The van der Waals surface area contributed by atoms with Crippen molar-refractivity contribution in [2.75, 3.05) is 13.1 Å². The van der Waals surface area contributed by atoms with Crippen molar-refractivity contribution < 1.29 is 9.32 Å². The third kappa shape index (κ3) is 2.34. The molecule has 0 N–H and O–H groups in total. The summed E-state index contributed by atoms with van der Waals surface area (Å²) >= 11 is 0. The summed E-state index contributed by atoms with van der Waals surface area (Å²) in [6.45, 7) is 3.45. The van der Waals surface area contributed by atoms with E-state index in [-0.39, 0.29) is 11.9 Å². The molecule has 0 radical (unpaired) electrons. The maximum atomic E-state index is 12.5. The number of aromatic nitrogens is 3. The molecule has 6 nitrogen and oxygen atoms in total. The molecule has 2 aliphatic rings. The average molecular weight is 286 g/mol. The first-order valence-electron chi connectivity index (χ1n) is 7.47. The lowest BCUT2D eigenvalue weighted by Gasteiger charge is -2.15. The zero-order chi connectivity index (χ0) is 14.4. The van der Waals surface area contributed by atoms with Gasteiger partial charge in [0.15, 0.2) is 5.69 Å². The molecule has 6 heteroatoms. The summed E-state index contributed by atoms with van der Waals surface area (Å²) in [7, 11) is 0. The third-order valence-electron chi connectivity index (χ3n) is 4.28. The zero-order valence-electron chi connectivity index (χ0n) is 12.0. The normalized spacial score (nSPS) is 22.0. The van der Waals surface area contributed by atoms with E-state index in [0.29, 0.717) is 18.2 Å². The van der Waals surface area contributed by atoms with E-state index < -0.39 is 0 Å². The second-order valence-corrected chi connectivity index (χ2v) is 6.08. The Kier molecular flexibility index (Phi) is 2.83. The van der Waals surface area contributed by atoms with Gasteiger partial charge in [-0.2, -0.15) is 5.10 Å². The van der Waals surface area contributed by atoms with Crippen LogP contribution in [0.15, 0.2) is 23.0 Å². The van der Waals surface area contributed by atoms with Gasteiger partial charge < -0.3 is 9.42 Å². The van der Waals surface area contributed by atoms with Gasteiger partial charge >= 0.3 is 0 Å². The van der Waals surface area contributed by atoms with Crippen molar-refractivity contribution >= 4 is 5.91 Å². The fourth-order valence-corrected chi connectivity index (χ4v) is 2.89. The molecule has 1 atom stereocenters. The molecule has 2 aromatic heterocycles. The van der Waals surface area contributed by atoms with Crippen LogP contribution in [0.25, 0.3) is 0 Å². The molecule has 1 amide bonds. The van der Waals surface area contributed by atoms with Crippen molar-refractivity contribution in [3.05, 3.63) is 35.5 Å². The van der Waals surface area contributed by atoms with Crippen LogP contribution < -0.4 is 0 Å². The van der Waals surface area contributed by atoms with Crippen LogP contribution in [0, 0.1) is 6.92 Å². The standard InChI is InChI=1S/C15H18N4O2/c1-10-7-16-19(8-10)12-4-5-18(9-12)15(20)13-6-14(21-17-13)11-2-3-11/h6-8,11-12H,2-5,9H2,1H3. The molecule has 110 valence electrons. The van der Waals surface area contributed by atoms with E-state index in [1.165, 1.54) is 0 Å². The minimum absolute atomic E-state index is 0.0305. The van der Waals surface area contributed by atoms with Gasteiger partial charge in [0, 0.05) is 31.3 Å². The molecule has 4 rings (SSSR count). The smallest absolute Gasteiger partial charge is 0.276 e. The number of amides is 1. The average Bonchev–Trinajstić information content (AvgIpc) is 2.94. The maximum Gasteiger partial charge on any atom is 0.276 e. The molecule has 1 saturated heterocycles. The monoisotopic (exact) mass is 286 g/mol. The first kappa shape index (κ1) is 12.6. The Hall–Kier alpha value is -2.11. The predicted octanol–water partition coefficient (Wildman–Crippen LogP) is 2.14. The lowest BCUT2D eigenvalue weighted by atomic mass is 10.2. The van der Waals surface area contributed by atoms with Gasteiger partial charge in [-0.1, -0.05) is 5.16 Å². The Balaban J connectivity index is 1.45. The van der Waals surface area contributed by atoms with Crippen LogP contribution in [0.2, 0.25) is 0 Å². The molecule has 1 saturated carbocycles. The number of carbonyl (C=O) groups excluding carboxylic acids is 1. The molecule has 0 spiro atoms. The number of aryl methyl sites for hydroxylation is 1. The second-order valence-electron chi connectivity index (χ2n) is 6.08. The number of likely N-dealkylation sites (tertiary alicyclic amines) is 1. The largest absolute Gasteiger partial charge is 0.360 e. The molecule has 3 heterocycles. The molecule has 0 bridgehead atoms. The second kappa shape index (κ2) is 4.72. The predicted molar refractivity (Wildman–Crippen MR) is 75.0 cm³/mol. The van der Waals surface area contributed by atoms with Crippen molar-refractivity contribution in [2.45, 2.75) is 38.1 Å². The highest BCUT2D eigenvalue weighted by molar-refractivity contribution is 5.92. The van der Waals surface area contributed by atoms with E-state index in [0.717, 1.165) is 37.1 Å². The van der Waals surface area contributed by atoms with Gasteiger partial charge in [-0.25, -0.2) is 0 Å². The van der Waals surface area contributed by atoms with Crippen molar-refractivity contribution in [3.63, 3.8) is 0 Å². The van der Waals surface area contributed by atoms with Gasteiger partial charge in [0.25, 0.3) is 5.91 Å². The summed E-state index contributed by atoms with van der Waals surface area (Å²) in [5.41, 5.74) is 1.58. The molecule has 2 fully saturated rings. The maximum absolute atomic E-state index is 12.5. The summed E-state index contributed by atoms with van der Waals surface area (Å²) in [6.07, 6.45) is 7.10. The SMILES string of the molecule is Cc1cnn(C2CCN(C(=O)c3cc(C4CC4)on3)C2)c1. The van der Waals surface area contributed by atoms with Crippen LogP contribution >= 0.6 is 0 Å². The Morgan fingerprint density at radius 1 is 1.38 bits per heavy atom. The van der Waals surface area contributed by atoms with E-state index >= 15 is 0 Å². The fraction of sp³-hybridized carbons (Fsp3) is 0.533. The molecular formula is C15H18N4O2. The zero-order valence-corrected chi connectivity index (χ0v) is 12.0. The third-order valence-corrected chi connectivity index (χ3v) is 4.28. The van der Waals surface area contributed by atoms with Crippen LogP contribution in [-0.4, -0.2) is 38.8 Å². The molecule has 1 aliphatic carbocycles. The van der Waals surface area contributed by atoms with E-state index in [4.69, 9.17) is 4.52 Å². The topological polar surface area (TPSA) is 64.2 Å². The highest BCUT2D eigenvalue weighted by Crippen LogP contribution is 2.40. The molecule has 2 aromatic rings. The van der Waals surface area contributed by atoms with Crippen molar-refractivity contribution in [2.24, 2.45) is 0 Å². The Morgan fingerprint density at radius 3 is 2.95 bits per heavy atom. The van der Waals surface area contributed by atoms with Crippen LogP contribution in [0.1, 0.15) is 53.0 Å². The van der Waals surface area contributed by atoms with Gasteiger partial charge in [-0.05, 0) is 31.7 Å². The van der Waals surface area contributed by atoms with Crippen LogP contribution in [0.3, 0.4) is 0 Å². The van der Waals surface area contributed by atoms with E-state index in [1.54, 1.807) is 0 Å². The number of carbonyl (C=O) groups is 1. The van der Waals surface area contributed by atoms with E-state index in [2.05, 4.69) is 10.3 Å². The van der Waals surface area contributed by atoms with Crippen molar-refractivity contribution in [1.29, 1.82) is 0 Å². The quantitative estimate of drug-likeness (QED) is 0.867.